The van der Waals surface area contributed by atoms with Gasteiger partial charge in [-0.3, -0.25) is 0 Å². The van der Waals surface area contributed by atoms with E-state index < -0.39 is 0 Å². The van der Waals surface area contributed by atoms with Crippen LogP contribution in [-0.2, 0) is 0 Å². The normalized spacial score (nSPS) is 31.9. The highest BCUT2D eigenvalue weighted by atomic mass is 35.5. The van der Waals surface area contributed by atoms with E-state index in [0.29, 0.717) is 11.5 Å². The Morgan fingerprint density at radius 3 is 2.00 bits per heavy atom. The first-order valence-corrected chi connectivity index (χ1v) is 4.92. The second kappa shape index (κ2) is 6.89. The zero-order valence-electron chi connectivity index (χ0n) is 9.45. The molecular weight excluding hydrogens is 219 g/mol. The standard InChI is InChI=1S/C10H22N2.2ClH/c1-10(8-12(2)3)6-4-9(11)5-7-10;;/h9H,4-8,11H2,1-3H3;2*1H. The predicted octanol–water partition coefficient (Wildman–Crippen LogP) is 2.30. The van der Waals surface area contributed by atoms with Crippen molar-refractivity contribution in [2.45, 2.75) is 38.6 Å². The summed E-state index contributed by atoms with van der Waals surface area (Å²) in [6, 6.07) is 0.472. The van der Waals surface area contributed by atoms with Gasteiger partial charge < -0.3 is 10.6 Å². The SMILES string of the molecule is CN(C)CC1(C)CCC(N)CC1.Cl.Cl. The minimum Gasteiger partial charge on any atom is -0.328 e. The smallest absolute Gasteiger partial charge is 0.00392 e. The molecule has 14 heavy (non-hydrogen) atoms. The van der Waals surface area contributed by atoms with Gasteiger partial charge in [-0.05, 0) is 45.2 Å². The number of hydrogen-bond donors (Lipinski definition) is 1. The fraction of sp³-hybridized carbons (Fsp3) is 1.00. The molecule has 0 aromatic carbocycles. The van der Waals surface area contributed by atoms with E-state index in [-0.39, 0.29) is 24.8 Å². The van der Waals surface area contributed by atoms with E-state index in [0.717, 1.165) is 0 Å². The Labute approximate surface area is 100 Å². The molecule has 0 bridgehead atoms. The molecule has 0 spiro atoms. The van der Waals surface area contributed by atoms with Crippen molar-refractivity contribution in [3.05, 3.63) is 0 Å². The van der Waals surface area contributed by atoms with Crippen molar-refractivity contribution in [1.29, 1.82) is 0 Å². The van der Waals surface area contributed by atoms with Gasteiger partial charge in [0.25, 0.3) is 0 Å². The molecular formula is C10H24Cl2N2. The fourth-order valence-electron chi connectivity index (χ4n) is 2.26. The highest BCUT2D eigenvalue weighted by molar-refractivity contribution is 5.85. The van der Waals surface area contributed by atoms with E-state index in [4.69, 9.17) is 5.73 Å². The first-order chi connectivity index (χ1) is 5.52. The van der Waals surface area contributed by atoms with Crippen LogP contribution in [0.2, 0.25) is 0 Å². The predicted molar refractivity (Wildman–Crippen MR) is 67.6 cm³/mol. The molecule has 0 amide bonds. The average Bonchev–Trinajstić information content (AvgIpc) is 1.94. The molecule has 1 rings (SSSR count). The van der Waals surface area contributed by atoms with Crippen LogP contribution >= 0.6 is 24.8 Å². The topological polar surface area (TPSA) is 29.3 Å². The summed E-state index contributed by atoms with van der Waals surface area (Å²) in [7, 11) is 4.31. The summed E-state index contributed by atoms with van der Waals surface area (Å²) in [5.74, 6) is 0. The molecule has 2 N–H and O–H groups in total. The number of halogens is 2. The lowest BCUT2D eigenvalue weighted by molar-refractivity contribution is 0.146. The summed E-state index contributed by atoms with van der Waals surface area (Å²) in [6.45, 7) is 3.60. The lowest BCUT2D eigenvalue weighted by Gasteiger charge is -2.38. The Balaban J connectivity index is 0. The van der Waals surface area contributed by atoms with Crippen LogP contribution in [0.25, 0.3) is 0 Å². The van der Waals surface area contributed by atoms with Gasteiger partial charge in [0.2, 0.25) is 0 Å². The van der Waals surface area contributed by atoms with Crippen molar-refractivity contribution in [3.8, 4) is 0 Å². The largest absolute Gasteiger partial charge is 0.328 e. The third-order valence-corrected chi connectivity index (χ3v) is 2.94. The van der Waals surface area contributed by atoms with Gasteiger partial charge in [0, 0.05) is 12.6 Å². The summed E-state index contributed by atoms with van der Waals surface area (Å²) in [5, 5.41) is 0. The zero-order valence-corrected chi connectivity index (χ0v) is 11.1. The molecule has 88 valence electrons. The van der Waals surface area contributed by atoms with Crippen molar-refractivity contribution in [2.24, 2.45) is 11.1 Å². The Morgan fingerprint density at radius 1 is 1.21 bits per heavy atom. The van der Waals surface area contributed by atoms with Crippen molar-refractivity contribution in [1.82, 2.24) is 4.90 Å². The van der Waals surface area contributed by atoms with Crippen molar-refractivity contribution < 1.29 is 0 Å². The maximum Gasteiger partial charge on any atom is 0.00392 e. The first-order valence-electron chi connectivity index (χ1n) is 4.92. The molecule has 0 unspecified atom stereocenters. The summed E-state index contributed by atoms with van der Waals surface area (Å²) in [5.41, 5.74) is 6.40. The third kappa shape index (κ3) is 5.40. The molecule has 1 saturated carbocycles. The third-order valence-electron chi connectivity index (χ3n) is 2.94. The molecule has 0 atom stereocenters. The monoisotopic (exact) mass is 242 g/mol. The first kappa shape index (κ1) is 16.9. The molecule has 0 aromatic rings. The zero-order chi connectivity index (χ0) is 9.19. The van der Waals surface area contributed by atoms with Gasteiger partial charge >= 0.3 is 0 Å². The summed E-state index contributed by atoms with van der Waals surface area (Å²) in [4.78, 5) is 2.29. The molecule has 4 heteroatoms. The van der Waals surface area contributed by atoms with Gasteiger partial charge in [-0.25, -0.2) is 0 Å². The molecule has 1 aliphatic rings. The number of rotatable bonds is 2. The quantitative estimate of drug-likeness (QED) is 0.806. The van der Waals surface area contributed by atoms with Crippen LogP contribution in [0.3, 0.4) is 0 Å². The van der Waals surface area contributed by atoms with Gasteiger partial charge in [-0.2, -0.15) is 0 Å². The van der Waals surface area contributed by atoms with E-state index >= 15 is 0 Å². The Bertz CT molecular complexity index is 143. The van der Waals surface area contributed by atoms with Crippen molar-refractivity contribution >= 4 is 24.8 Å². The Morgan fingerprint density at radius 2 is 1.64 bits per heavy atom. The van der Waals surface area contributed by atoms with Gasteiger partial charge in [0.05, 0.1) is 0 Å². The second-order valence-corrected chi connectivity index (χ2v) is 4.89. The van der Waals surface area contributed by atoms with E-state index in [9.17, 15) is 0 Å². The maximum absolute atomic E-state index is 5.87. The van der Waals surface area contributed by atoms with E-state index in [1.165, 1.54) is 32.2 Å². The van der Waals surface area contributed by atoms with E-state index in [1.54, 1.807) is 0 Å². The molecule has 0 saturated heterocycles. The molecule has 0 radical (unpaired) electrons. The Kier molecular flexibility index (Phi) is 8.32. The van der Waals surface area contributed by atoms with Crippen LogP contribution < -0.4 is 5.73 Å². The average molecular weight is 243 g/mol. The lowest BCUT2D eigenvalue weighted by Crippen LogP contribution is -2.38. The fourth-order valence-corrected chi connectivity index (χ4v) is 2.26. The maximum atomic E-state index is 5.87. The van der Waals surface area contributed by atoms with Crippen LogP contribution in [0.15, 0.2) is 0 Å². The minimum atomic E-state index is 0. The minimum absolute atomic E-state index is 0. The number of nitrogens with zero attached hydrogens (tertiary/aromatic N) is 1. The van der Waals surface area contributed by atoms with Crippen LogP contribution in [0.5, 0.6) is 0 Å². The van der Waals surface area contributed by atoms with Crippen LogP contribution in [-0.4, -0.2) is 31.6 Å². The lowest BCUT2D eigenvalue weighted by atomic mass is 9.74. The van der Waals surface area contributed by atoms with Gasteiger partial charge in [0.1, 0.15) is 0 Å². The Hall–Kier alpha value is 0.500. The number of hydrogen-bond acceptors (Lipinski definition) is 2. The molecule has 2 nitrogen and oxygen atoms in total. The van der Waals surface area contributed by atoms with Crippen molar-refractivity contribution in [3.63, 3.8) is 0 Å². The molecule has 0 heterocycles. The molecule has 0 aliphatic heterocycles. The second-order valence-electron chi connectivity index (χ2n) is 4.89. The van der Waals surface area contributed by atoms with Gasteiger partial charge in [0.15, 0.2) is 0 Å². The van der Waals surface area contributed by atoms with E-state index in [1.807, 2.05) is 0 Å². The molecule has 0 aromatic heterocycles. The van der Waals surface area contributed by atoms with Crippen LogP contribution in [0, 0.1) is 5.41 Å². The summed E-state index contributed by atoms with van der Waals surface area (Å²) >= 11 is 0. The molecule has 1 fully saturated rings. The molecule has 1 aliphatic carbocycles. The summed E-state index contributed by atoms with van der Waals surface area (Å²) in [6.07, 6.45) is 5.02. The van der Waals surface area contributed by atoms with Crippen LogP contribution in [0.1, 0.15) is 32.6 Å². The number of nitrogens with two attached hydrogens (primary N) is 1. The van der Waals surface area contributed by atoms with Crippen molar-refractivity contribution in [2.75, 3.05) is 20.6 Å². The highest BCUT2D eigenvalue weighted by Crippen LogP contribution is 2.35. The van der Waals surface area contributed by atoms with E-state index in [2.05, 4.69) is 25.9 Å². The van der Waals surface area contributed by atoms with Gasteiger partial charge in [-0.1, -0.05) is 6.92 Å². The van der Waals surface area contributed by atoms with Crippen LogP contribution in [0.4, 0.5) is 0 Å². The summed E-state index contributed by atoms with van der Waals surface area (Å²) < 4.78 is 0. The highest BCUT2D eigenvalue weighted by Gasteiger charge is 2.29. The van der Waals surface area contributed by atoms with Gasteiger partial charge in [-0.15, -0.1) is 24.8 Å².